The van der Waals surface area contributed by atoms with Crippen molar-refractivity contribution in [2.24, 2.45) is 5.92 Å². The van der Waals surface area contributed by atoms with Crippen molar-refractivity contribution in [1.29, 1.82) is 0 Å². The van der Waals surface area contributed by atoms with E-state index < -0.39 is 23.9 Å². The molecule has 98 valence electrons. The van der Waals surface area contributed by atoms with Crippen molar-refractivity contribution in [1.82, 2.24) is 5.32 Å². The topological polar surface area (TPSA) is 29.1 Å². The van der Waals surface area contributed by atoms with E-state index in [1.807, 2.05) is 0 Å². The molecule has 0 heterocycles. The monoisotopic (exact) mass is 381 g/mol. The van der Waals surface area contributed by atoms with E-state index in [-0.39, 0.29) is 20.8 Å². The molecule has 1 aromatic rings. The zero-order chi connectivity index (χ0) is 13.4. The Hall–Kier alpha value is -0.490. The first-order chi connectivity index (χ1) is 8.41. The van der Waals surface area contributed by atoms with Crippen LogP contribution in [0.2, 0.25) is 0 Å². The molecule has 6 heteroatoms. The molecule has 0 radical (unpaired) electrons. The van der Waals surface area contributed by atoms with E-state index in [4.69, 9.17) is 0 Å². The minimum Gasteiger partial charge on any atom is -0.345 e. The minimum absolute atomic E-state index is 0.0863. The van der Waals surface area contributed by atoms with Crippen molar-refractivity contribution in [3.63, 3.8) is 0 Å². The number of carbonyl (C=O) groups excluding carboxylic acids is 1. The highest BCUT2D eigenvalue weighted by molar-refractivity contribution is 9.10. The predicted octanol–water partition coefficient (Wildman–Crippen LogP) is 3.44. The molecular weight excluding hydrogens is 372 g/mol. The summed E-state index contributed by atoms with van der Waals surface area (Å²) in [6.07, 6.45) is -1.07. The van der Waals surface area contributed by atoms with E-state index in [0.29, 0.717) is 0 Å². The lowest BCUT2D eigenvalue weighted by Gasteiger charge is -2.43. The molecule has 1 aromatic carbocycles. The van der Waals surface area contributed by atoms with Gasteiger partial charge in [-0.3, -0.25) is 4.79 Å². The lowest BCUT2D eigenvalue weighted by Crippen LogP contribution is -2.61. The lowest BCUT2D eigenvalue weighted by molar-refractivity contribution is 0.0657. The maximum Gasteiger partial charge on any atom is 0.251 e. The molecular formula is C12H11Br2F2NO. The fraction of sp³-hybridized carbons (Fsp3) is 0.417. The van der Waals surface area contributed by atoms with Gasteiger partial charge in [-0.05, 0) is 34.1 Å². The average Bonchev–Trinajstić information content (AvgIpc) is 2.37. The third-order valence-corrected chi connectivity index (χ3v) is 5.22. The highest BCUT2D eigenvalue weighted by Crippen LogP contribution is 2.37. The Labute approximate surface area is 120 Å². The van der Waals surface area contributed by atoms with Crippen LogP contribution in [0.4, 0.5) is 8.78 Å². The number of hydrogen-bond acceptors (Lipinski definition) is 1. The van der Waals surface area contributed by atoms with Crippen LogP contribution in [0, 0.1) is 11.7 Å². The number of hydrogen-bond donors (Lipinski definition) is 1. The number of rotatable bonds is 2. The fourth-order valence-corrected chi connectivity index (χ4v) is 2.85. The summed E-state index contributed by atoms with van der Waals surface area (Å²) in [6.45, 7) is 1.77. The SMILES string of the molecule is CC1C(F)C(NC(=O)c2ccc(Br)c(F)c2)[C@@H]1Br. The summed E-state index contributed by atoms with van der Waals surface area (Å²) in [5, 5.41) is 2.57. The standard InChI is InChI=1S/C12H11Br2F2NO/c1-5-9(14)11(10(5)16)17-12(18)6-2-3-7(13)8(15)4-6/h2-5,9-11H,1H3,(H,17,18)/t5?,9-,10?,11?/m1/s1. The molecule has 2 rings (SSSR count). The quantitative estimate of drug-likeness (QED) is 0.780. The molecule has 3 unspecified atom stereocenters. The molecule has 1 aliphatic carbocycles. The van der Waals surface area contributed by atoms with Crippen molar-refractivity contribution >= 4 is 37.8 Å². The van der Waals surface area contributed by atoms with Gasteiger partial charge in [-0.25, -0.2) is 8.78 Å². The normalized spacial score (nSPS) is 30.7. The number of amides is 1. The van der Waals surface area contributed by atoms with E-state index >= 15 is 0 Å². The van der Waals surface area contributed by atoms with Gasteiger partial charge in [0.05, 0.1) is 10.5 Å². The number of halogens is 4. The molecule has 1 saturated carbocycles. The zero-order valence-corrected chi connectivity index (χ0v) is 12.6. The van der Waals surface area contributed by atoms with E-state index in [9.17, 15) is 13.6 Å². The molecule has 2 nitrogen and oxygen atoms in total. The minimum atomic E-state index is -1.07. The molecule has 0 saturated heterocycles. The Morgan fingerprint density at radius 3 is 2.67 bits per heavy atom. The maximum atomic E-state index is 13.5. The van der Waals surface area contributed by atoms with Crippen LogP contribution >= 0.6 is 31.9 Å². The number of nitrogens with one attached hydrogen (secondary N) is 1. The lowest BCUT2D eigenvalue weighted by atomic mass is 9.79. The van der Waals surface area contributed by atoms with Gasteiger partial charge in [0.1, 0.15) is 12.0 Å². The molecule has 0 spiro atoms. The second-order valence-corrected chi connectivity index (χ2v) is 6.29. The van der Waals surface area contributed by atoms with Gasteiger partial charge in [0.15, 0.2) is 0 Å². The number of benzene rings is 1. The fourth-order valence-electron chi connectivity index (χ4n) is 1.89. The van der Waals surface area contributed by atoms with Gasteiger partial charge in [-0.2, -0.15) is 0 Å². The Morgan fingerprint density at radius 2 is 2.11 bits per heavy atom. The Kier molecular flexibility index (Phi) is 4.06. The van der Waals surface area contributed by atoms with E-state index in [1.54, 1.807) is 6.92 Å². The molecule has 18 heavy (non-hydrogen) atoms. The molecule has 1 amide bonds. The van der Waals surface area contributed by atoms with Crippen LogP contribution in [0.3, 0.4) is 0 Å². The first-order valence-electron chi connectivity index (χ1n) is 5.46. The molecule has 0 aromatic heterocycles. The summed E-state index contributed by atoms with van der Waals surface area (Å²) in [6, 6.07) is 3.50. The van der Waals surface area contributed by atoms with Crippen LogP contribution < -0.4 is 5.32 Å². The van der Waals surface area contributed by atoms with Crippen molar-refractivity contribution in [3.05, 3.63) is 34.1 Å². The molecule has 0 bridgehead atoms. The summed E-state index contributed by atoms with van der Waals surface area (Å²) < 4.78 is 27.1. The van der Waals surface area contributed by atoms with Crippen LogP contribution in [-0.2, 0) is 0 Å². The highest BCUT2D eigenvalue weighted by atomic mass is 79.9. The zero-order valence-electron chi connectivity index (χ0n) is 9.46. The highest BCUT2D eigenvalue weighted by Gasteiger charge is 2.47. The first-order valence-corrected chi connectivity index (χ1v) is 7.16. The predicted molar refractivity (Wildman–Crippen MR) is 72.1 cm³/mol. The van der Waals surface area contributed by atoms with Crippen LogP contribution in [0.25, 0.3) is 0 Å². The number of alkyl halides is 2. The summed E-state index contributed by atoms with van der Waals surface area (Å²) >= 11 is 6.33. The molecule has 0 aliphatic heterocycles. The summed E-state index contributed by atoms with van der Waals surface area (Å²) in [7, 11) is 0. The molecule has 1 N–H and O–H groups in total. The first kappa shape index (κ1) is 13.9. The van der Waals surface area contributed by atoms with Crippen molar-refractivity contribution in [2.45, 2.75) is 24.0 Å². The summed E-state index contributed by atoms with van der Waals surface area (Å²) in [4.78, 5) is 11.7. The Balaban J connectivity index is 2.06. The maximum absolute atomic E-state index is 13.5. The van der Waals surface area contributed by atoms with Crippen LogP contribution in [0.15, 0.2) is 22.7 Å². The third-order valence-electron chi connectivity index (χ3n) is 3.17. The van der Waals surface area contributed by atoms with Crippen molar-refractivity contribution in [2.75, 3.05) is 0 Å². The van der Waals surface area contributed by atoms with Crippen LogP contribution in [0.1, 0.15) is 17.3 Å². The van der Waals surface area contributed by atoms with Gasteiger partial charge in [0.2, 0.25) is 0 Å². The van der Waals surface area contributed by atoms with Crippen molar-refractivity contribution < 1.29 is 13.6 Å². The van der Waals surface area contributed by atoms with E-state index in [1.165, 1.54) is 12.1 Å². The smallest absolute Gasteiger partial charge is 0.251 e. The Morgan fingerprint density at radius 1 is 1.44 bits per heavy atom. The number of carbonyl (C=O) groups is 1. The molecule has 1 fully saturated rings. The van der Waals surface area contributed by atoms with Gasteiger partial charge in [-0.1, -0.05) is 22.9 Å². The van der Waals surface area contributed by atoms with Gasteiger partial charge >= 0.3 is 0 Å². The van der Waals surface area contributed by atoms with Crippen molar-refractivity contribution in [3.8, 4) is 0 Å². The van der Waals surface area contributed by atoms with Gasteiger partial charge in [0.25, 0.3) is 5.91 Å². The van der Waals surface area contributed by atoms with Gasteiger partial charge < -0.3 is 5.32 Å². The molecule has 4 atom stereocenters. The molecule has 1 aliphatic rings. The van der Waals surface area contributed by atoms with E-state index in [2.05, 4.69) is 37.2 Å². The van der Waals surface area contributed by atoms with Crippen LogP contribution in [0.5, 0.6) is 0 Å². The largest absolute Gasteiger partial charge is 0.345 e. The van der Waals surface area contributed by atoms with Gasteiger partial charge in [0, 0.05) is 16.3 Å². The second kappa shape index (κ2) is 5.25. The average molecular weight is 383 g/mol. The van der Waals surface area contributed by atoms with E-state index in [0.717, 1.165) is 6.07 Å². The third kappa shape index (κ3) is 2.45. The summed E-state index contributed by atoms with van der Waals surface area (Å²) in [5.74, 6) is -1.11. The van der Waals surface area contributed by atoms with Gasteiger partial charge in [-0.15, -0.1) is 0 Å². The Bertz CT molecular complexity index is 473. The van der Waals surface area contributed by atoms with Crippen LogP contribution in [-0.4, -0.2) is 22.9 Å². The second-order valence-electron chi connectivity index (χ2n) is 4.38. The summed E-state index contributed by atoms with van der Waals surface area (Å²) in [5.41, 5.74) is 0.183.